The van der Waals surface area contributed by atoms with Crippen molar-refractivity contribution >= 4 is 15.9 Å². The highest BCUT2D eigenvalue weighted by molar-refractivity contribution is 9.08. The molecule has 3 heteroatoms. The molecule has 0 radical (unpaired) electrons. The van der Waals surface area contributed by atoms with Gasteiger partial charge in [0.25, 0.3) is 0 Å². The van der Waals surface area contributed by atoms with Gasteiger partial charge in [-0.15, -0.1) is 0 Å². The Labute approximate surface area is 124 Å². The van der Waals surface area contributed by atoms with Crippen LogP contribution in [0.5, 0.6) is 11.5 Å². The lowest BCUT2D eigenvalue weighted by Gasteiger charge is -2.32. The lowest BCUT2D eigenvalue weighted by molar-refractivity contribution is 0.0979. The third-order valence-electron chi connectivity index (χ3n) is 3.81. The van der Waals surface area contributed by atoms with Crippen molar-refractivity contribution < 1.29 is 9.47 Å². The highest BCUT2D eigenvalue weighted by Gasteiger charge is 2.26. The van der Waals surface area contributed by atoms with Crippen molar-refractivity contribution in [2.45, 2.75) is 44.5 Å². The molecule has 2 unspecified atom stereocenters. The maximum Gasteiger partial charge on any atom is 0.161 e. The molecule has 2 atom stereocenters. The maximum absolute atomic E-state index is 6.21. The molecule has 0 amide bonds. The molecule has 1 aromatic rings. The SMILES string of the molecule is COc1ccc(CBr)cc1OC1CC(C)CC(C)C1. The summed E-state index contributed by atoms with van der Waals surface area (Å²) >= 11 is 3.49. The van der Waals surface area contributed by atoms with Crippen LogP contribution in [0, 0.1) is 11.8 Å². The molecule has 2 nitrogen and oxygen atoms in total. The van der Waals surface area contributed by atoms with Gasteiger partial charge < -0.3 is 9.47 Å². The molecular weight excluding hydrogens is 304 g/mol. The first kappa shape index (κ1) is 14.7. The topological polar surface area (TPSA) is 18.5 Å². The number of methoxy groups -OCH3 is 1. The van der Waals surface area contributed by atoms with Gasteiger partial charge in [0, 0.05) is 5.33 Å². The van der Waals surface area contributed by atoms with E-state index in [1.165, 1.54) is 12.0 Å². The number of hydrogen-bond acceptors (Lipinski definition) is 2. The van der Waals surface area contributed by atoms with Crippen LogP contribution in [0.1, 0.15) is 38.7 Å². The summed E-state index contributed by atoms with van der Waals surface area (Å²) in [4.78, 5) is 0. The van der Waals surface area contributed by atoms with Crippen molar-refractivity contribution in [1.29, 1.82) is 0 Å². The van der Waals surface area contributed by atoms with Gasteiger partial charge in [0.1, 0.15) is 0 Å². The summed E-state index contributed by atoms with van der Waals surface area (Å²) in [5.74, 6) is 3.21. The first-order chi connectivity index (χ1) is 9.12. The second-order valence-corrected chi connectivity index (χ2v) is 6.34. The third-order valence-corrected chi connectivity index (χ3v) is 4.46. The van der Waals surface area contributed by atoms with Crippen molar-refractivity contribution in [3.05, 3.63) is 23.8 Å². The lowest BCUT2D eigenvalue weighted by atomic mass is 9.82. The van der Waals surface area contributed by atoms with E-state index >= 15 is 0 Å². The molecule has 0 saturated heterocycles. The Bertz CT molecular complexity index is 409. The monoisotopic (exact) mass is 326 g/mol. The van der Waals surface area contributed by atoms with Crippen LogP contribution in [-0.2, 0) is 5.33 Å². The van der Waals surface area contributed by atoms with E-state index in [9.17, 15) is 0 Å². The molecule has 0 aromatic heterocycles. The number of halogens is 1. The summed E-state index contributed by atoms with van der Waals surface area (Å²) in [6.45, 7) is 4.64. The van der Waals surface area contributed by atoms with Crippen LogP contribution >= 0.6 is 15.9 Å². The normalized spacial score (nSPS) is 27.1. The number of hydrogen-bond donors (Lipinski definition) is 0. The van der Waals surface area contributed by atoms with Crippen molar-refractivity contribution in [3.63, 3.8) is 0 Å². The molecule has 1 aliphatic rings. The summed E-state index contributed by atoms with van der Waals surface area (Å²) in [5.41, 5.74) is 1.22. The van der Waals surface area contributed by atoms with E-state index in [1.807, 2.05) is 6.07 Å². The van der Waals surface area contributed by atoms with Crippen molar-refractivity contribution in [3.8, 4) is 11.5 Å². The van der Waals surface area contributed by atoms with Crippen LogP contribution < -0.4 is 9.47 Å². The van der Waals surface area contributed by atoms with Crippen molar-refractivity contribution in [1.82, 2.24) is 0 Å². The zero-order valence-corrected chi connectivity index (χ0v) is 13.6. The Morgan fingerprint density at radius 1 is 1.11 bits per heavy atom. The molecular formula is C16H23BrO2. The standard InChI is InChI=1S/C16H23BrO2/c1-11-6-12(2)8-14(7-11)19-16-9-13(10-17)4-5-15(16)18-3/h4-5,9,11-12,14H,6-8,10H2,1-3H3. The van der Waals surface area contributed by atoms with Crippen LogP contribution in [0.15, 0.2) is 18.2 Å². The first-order valence-corrected chi connectivity index (χ1v) is 8.14. The number of ether oxygens (including phenoxy) is 2. The molecule has 106 valence electrons. The van der Waals surface area contributed by atoms with E-state index in [4.69, 9.17) is 9.47 Å². The van der Waals surface area contributed by atoms with Gasteiger partial charge in [0.05, 0.1) is 13.2 Å². The Morgan fingerprint density at radius 2 is 1.79 bits per heavy atom. The van der Waals surface area contributed by atoms with Gasteiger partial charge in [0.15, 0.2) is 11.5 Å². The van der Waals surface area contributed by atoms with Gasteiger partial charge in [-0.3, -0.25) is 0 Å². The molecule has 19 heavy (non-hydrogen) atoms. The molecule has 1 fully saturated rings. The molecule has 0 heterocycles. The van der Waals surface area contributed by atoms with E-state index in [2.05, 4.69) is 41.9 Å². The van der Waals surface area contributed by atoms with E-state index < -0.39 is 0 Å². The zero-order chi connectivity index (χ0) is 13.8. The second-order valence-electron chi connectivity index (χ2n) is 5.78. The molecule has 1 saturated carbocycles. The fourth-order valence-corrected chi connectivity index (χ4v) is 3.39. The van der Waals surface area contributed by atoms with Gasteiger partial charge >= 0.3 is 0 Å². The Balaban J connectivity index is 2.12. The minimum atomic E-state index is 0.318. The predicted octanol–water partition coefficient (Wildman–Crippen LogP) is 4.79. The fraction of sp³-hybridized carbons (Fsp3) is 0.625. The Hall–Kier alpha value is -0.700. The average Bonchev–Trinajstić information content (AvgIpc) is 2.37. The average molecular weight is 327 g/mol. The minimum absolute atomic E-state index is 0.318. The molecule has 0 spiro atoms. The molecule has 0 aliphatic heterocycles. The predicted molar refractivity (Wildman–Crippen MR) is 82.2 cm³/mol. The third kappa shape index (κ3) is 3.88. The summed E-state index contributed by atoms with van der Waals surface area (Å²) in [7, 11) is 1.70. The number of benzene rings is 1. The Kier molecular flexibility index (Phi) is 5.14. The fourth-order valence-electron chi connectivity index (χ4n) is 3.05. The highest BCUT2D eigenvalue weighted by Crippen LogP contribution is 2.35. The molecule has 0 N–H and O–H groups in total. The number of alkyl halides is 1. The summed E-state index contributed by atoms with van der Waals surface area (Å²) in [5, 5.41) is 0.838. The molecule has 1 aromatic carbocycles. The quantitative estimate of drug-likeness (QED) is 0.740. The summed E-state index contributed by atoms with van der Waals surface area (Å²) in [6.07, 6.45) is 3.93. The summed E-state index contributed by atoms with van der Waals surface area (Å²) < 4.78 is 11.6. The van der Waals surface area contributed by atoms with Crippen LogP contribution in [0.25, 0.3) is 0 Å². The van der Waals surface area contributed by atoms with Crippen LogP contribution in [-0.4, -0.2) is 13.2 Å². The number of rotatable bonds is 4. The van der Waals surface area contributed by atoms with Gasteiger partial charge in [-0.25, -0.2) is 0 Å². The summed E-state index contributed by atoms with van der Waals surface area (Å²) in [6, 6.07) is 6.13. The van der Waals surface area contributed by atoms with Gasteiger partial charge in [-0.1, -0.05) is 35.8 Å². The van der Waals surface area contributed by atoms with Crippen molar-refractivity contribution in [2.75, 3.05) is 7.11 Å². The van der Waals surface area contributed by atoms with E-state index in [-0.39, 0.29) is 0 Å². The van der Waals surface area contributed by atoms with Crippen LogP contribution in [0.3, 0.4) is 0 Å². The Morgan fingerprint density at radius 3 is 2.37 bits per heavy atom. The van der Waals surface area contributed by atoms with E-state index in [0.717, 1.165) is 41.5 Å². The van der Waals surface area contributed by atoms with E-state index in [0.29, 0.717) is 6.10 Å². The molecule has 2 rings (SSSR count). The largest absolute Gasteiger partial charge is 0.493 e. The second kappa shape index (κ2) is 6.65. The van der Waals surface area contributed by atoms with Gasteiger partial charge in [-0.05, 0) is 48.8 Å². The molecule has 0 bridgehead atoms. The maximum atomic E-state index is 6.21. The highest BCUT2D eigenvalue weighted by atomic mass is 79.9. The zero-order valence-electron chi connectivity index (χ0n) is 12.0. The van der Waals surface area contributed by atoms with Crippen LogP contribution in [0.2, 0.25) is 0 Å². The van der Waals surface area contributed by atoms with Crippen LogP contribution in [0.4, 0.5) is 0 Å². The first-order valence-electron chi connectivity index (χ1n) is 7.02. The lowest BCUT2D eigenvalue weighted by Crippen LogP contribution is -2.28. The molecule has 1 aliphatic carbocycles. The smallest absolute Gasteiger partial charge is 0.161 e. The van der Waals surface area contributed by atoms with Gasteiger partial charge in [0.2, 0.25) is 0 Å². The minimum Gasteiger partial charge on any atom is -0.493 e. The van der Waals surface area contributed by atoms with E-state index in [1.54, 1.807) is 7.11 Å². The van der Waals surface area contributed by atoms with Gasteiger partial charge in [-0.2, -0.15) is 0 Å². The van der Waals surface area contributed by atoms with Crippen molar-refractivity contribution in [2.24, 2.45) is 11.8 Å².